The summed E-state index contributed by atoms with van der Waals surface area (Å²) in [6.07, 6.45) is -0.404. The van der Waals surface area contributed by atoms with E-state index in [0.29, 0.717) is 17.9 Å². The van der Waals surface area contributed by atoms with Gasteiger partial charge >= 0.3 is 12.3 Å². The van der Waals surface area contributed by atoms with Crippen molar-refractivity contribution in [3.05, 3.63) is 59.2 Å². The third-order valence-corrected chi connectivity index (χ3v) is 3.43. The Bertz CT molecular complexity index is 678. The number of methoxy groups -OCH3 is 1. The molecule has 2 aromatic carbocycles. The summed E-state index contributed by atoms with van der Waals surface area (Å²) in [5.74, 6) is 0.726. The highest BCUT2D eigenvalue weighted by Crippen LogP contribution is 2.31. The molecule has 4 nitrogen and oxygen atoms in total. The summed E-state index contributed by atoms with van der Waals surface area (Å²) in [6.45, 7) is 2.03. The van der Waals surface area contributed by atoms with Gasteiger partial charge in [-0.25, -0.2) is 4.79 Å². The van der Waals surface area contributed by atoms with Crippen molar-refractivity contribution in [1.82, 2.24) is 0 Å². The second kappa shape index (κ2) is 5.48. The van der Waals surface area contributed by atoms with E-state index < -0.39 is 12.3 Å². The third kappa shape index (κ3) is 2.70. The van der Waals surface area contributed by atoms with E-state index >= 15 is 0 Å². The zero-order valence-corrected chi connectivity index (χ0v) is 12.0. The van der Waals surface area contributed by atoms with E-state index in [1.54, 1.807) is 0 Å². The van der Waals surface area contributed by atoms with Gasteiger partial charge in [-0.3, -0.25) is 0 Å². The molecule has 0 fully saturated rings. The summed E-state index contributed by atoms with van der Waals surface area (Å²) in [4.78, 5) is 11.8. The number of fused-ring (bicyclic) bond motifs is 2. The third-order valence-electron chi connectivity index (χ3n) is 3.43. The maximum Gasteiger partial charge on any atom is 0.389 e. The van der Waals surface area contributed by atoms with Gasteiger partial charge in [0.25, 0.3) is 0 Å². The Balaban J connectivity index is 2.09. The number of ether oxygens (including phenoxy) is 3. The Morgan fingerprint density at radius 2 is 1.81 bits per heavy atom. The van der Waals surface area contributed by atoms with Gasteiger partial charge in [-0.2, -0.15) is 0 Å². The number of hydrogen-bond acceptors (Lipinski definition) is 4. The highest BCUT2D eigenvalue weighted by molar-refractivity contribution is 5.74. The van der Waals surface area contributed by atoms with Crippen molar-refractivity contribution < 1.29 is 19.0 Å². The molecule has 1 unspecified atom stereocenters. The summed E-state index contributed by atoms with van der Waals surface area (Å²) < 4.78 is 16.1. The molecule has 0 radical (unpaired) electrons. The fourth-order valence-corrected chi connectivity index (χ4v) is 2.38. The van der Waals surface area contributed by atoms with Crippen LogP contribution in [-0.4, -0.2) is 19.4 Å². The van der Waals surface area contributed by atoms with Crippen LogP contribution in [0.2, 0.25) is 0 Å². The van der Waals surface area contributed by atoms with Crippen LogP contribution in [0.4, 0.5) is 0 Å². The lowest BCUT2D eigenvalue weighted by atomic mass is 10.0. The molecule has 1 heterocycles. The minimum Gasteiger partial charge on any atom is -0.463 e. The van der Waals surface area contributed by atoms with Crippen molar-refractivity contribution in [1.29, 1.82) is 0 Å². The van der Waals surface area contributed by atoms with Crippen LogP contribution in [0, 0.1) is 6.92 Å². The molecule has 3 rings (SSSR count). The van der Waals surface area contributed by atoms with Crippen molar-refractivity contribution in [3.63, 3.8) is 0 Å². The Labute approximate surface area is 123 Å². The molecule has 108 valence electrons. The summed E-state index contributed by atoms with van der Waals surface area (Å²) in [5.41, 5.74) is 3.19. The van der Waals surface area contributed by atoms with Crippen molar-refractivity contribution in [2.24, 2.45) is 0 Å². The number of hydrogen-bond donors (Lipinski definition) is 0. The monoisotopic (exact) mass is 284 g/mol. The van der Waals surface area contributed by atoms with Gasteiger partial charge in [-0.15, -0.1) is 0 Å². The van der Waals surface area contributed by atoms with Gasteiger partial charge in [0.05, 0.1) is 7.11 Å². The minimum absolute atomic E-state index is 0.557. The number of esters is 1. The van der Waals surface area contributed by atoms with Crippen LogP contribution in [0.5, 0.6) is 11.5 Å². The second-order valence-electron chi connectivity index (χ2n) is 4.99. The molecular weight excluding hydrogens is 268 g/mol. The molecule has 1 atom stereocenters. The molecule has 2 aromatic rings. The molecule has 0 aliphatic carbocycles. The molecule has 21 heavy (non-hydrogen) atoms. The maximum absolute atomic E-state index is 11.8. The van der Waals surface area contributed by atoms with Crippen molar-refractivity contribution >= 4 is 5.97 Å². The quantitative estimate of drug-likeness (QED) is 0.755. The molecule has 0 bridgehead atoms. The fourth-order valence-electron chi connectivity index (χ4n) is 2.38. The van der Waals surface area contributed by atoms with Gasteiger partial charge in [-0.1, -0.05) is 35.9 Å². The van der Waals surface area contributed by atoms with Crippen molar-refractivity contribution in [3.8, 4) is 11.5 Å². The first-order valence-electron chi connectivity index (χ1n) is 6.76. The SMILES string of the molecule is COC(=O)C1Oc2ccccc2Cc2cc(C)ccc2O1. The van der Waals surface area contributed by atoms with Gasteiger partial charge < -0.3 is 14.2 Å². The van der Waals surface area contributed by atoms with E-state index in [0.717, 1.165) is 16.7 Å². The van der Waals surface area contributed by atoms with Crippen LogP contribution >= 0.6 is 0 Å². The van der Waals surface area contributed by atoms with Gasteiger partial charge in [0.2, 0.25) is 0 Å². The minimum atomic E-state index is -1.10. The zero-order chi connectivity index (χ0) is 14.8. The van der Waals surface area contributed by atoms with Crippen LogP contribution in [-0.2, 0) is 16.0 Å². The standard InChI is InChI=1S/C17H16O4/c1-11-7-8-15-13(9-11)10-12-5-3-4-6-14(12)20-17(21-15)16(18)19-2/h3-9,17H,10H2,1-2H3. The second-order valence-corrected chi connectivity index (χ2v) is 4.99. The number of carbonyl (C=O) groups excluding carboxylic acids is 1. The summed E-state index contributed by atoms with van der Waals surface area (Å²) >= 11 is 0. The molecule has 0 N–H and O–H groups in total. The predicted molar refractivity (Wildman–Crippen MR) is 77.5 cm³/mol. The topological polar surface area (TPSA) is 44.8 Å². The van der Waals surface area contributed by atoms with Gasteiger partial charge in [0, 0.05) is 6.42 Å². The lowest BCUT2D eigenvalue weighted by Crippen LogP contribution is -2.35. The van der Waals surface area contributed by atoms with E-state index in [-0.39, 0.29) is 0 Å². The Hall–Kier alpha value is -2.49. The van der Waals surface area contributed by atoms with Crippen LogP contribution in [0.25, 0.3) is 0 Å². The van der Waals surface area contributed by atoms with Crippen LogP contribution < -0.4 is 9.47 Å². The van der Waals surface area contributed by atoms with E-state index in [9.17, 15) is 4.79 Å². The maximum atomic E-state index is 11.8. The average molecular weight is 284 g/mol. The van der Waals surface area contributed by atoms with Gasteiger partial charge in [0.15, 0.2) is 0 Å². The lowest BCUT2D eigenvalue weighted by molar-refractivity contribution is -0.162. The first kappa shape index (κ1) is 13.5. The molecule has 0 aromatic heterocycles. The normalized spacial score (nSPS) is 16.4. The van der Waals surface area contributed by atoms with Crippen molar-refractivity contribution in [2.45, 2.75) is 19.6 Å². The molecule has 0 spiro atoms. The lowest BCUT2D eigenvalue weighted by Gasteiger charge is -2.24. The van der Waals surface area contributed by atoms with Crippen LogP contribution in [0.1, 0.15) is 16.7 Å². The number of benzene rings is 2. The van der Waals surface area contributed by atoms with E-state index in [1.165, 1.54) is 7.11 Å². The predicted octanol–water partition coefficient (Wildman–Crippen LogP) is 2.86. The average Bonchev–Trinajstić information content (AvgIpc) is 2.47. The first-order valence-corrected chi connectivity index (χ1v) is 6.76. The fraction of sp³-hybridized carbons (Fsp3) is 0.235. The molecule has 0 amide bonds. The zero-order valence-electron chi connectivity index (χ0n) is 12.0. The Morgan fingerprint density at radius 3 is 2.57 bits per heavy atom. The smallest absolute Gasteiger partial charge is 0.389 e. The molecule has 1 aliphatic heterocycles. The van der Waals surface area contributed by atoms with Gasteiger partial charge in [-0.05, 0) is 30.2 Å². The summed E-state index contributed by atoms with van der Waals surface area (Å²) in [6, 6.07) is 13.5. The van der Waals surface area contributed by atoms with Gasteiger partial charge in [0.1, 0.15) is 11.5 Å². The van der Waals surface area contributed by atoms with Crippen LogP contribution in [0.15, 0.2) is 42.5 Å². The number of para-hydroxylation sites is 1. The van der Waals surface area contributed by atoms with E-state index in [4.69, 9.17) is 14.2 Å². The largest absolute Gasteiger partial charge is 0.463 e. The summed E-state index contributed by atoms with van der Waals surface area (Å²) in [7, 11) is 1.32. The molecule has 1 aliphatic rings. The molecule has 0 saturated heterocycles. The first-order chi connectivity index (χ1) is 10.2. The molecule has 4 heteroatoms. The number of carbonyl (C=O) groups is 1. The Kier molecular flexibility index (Phi) is 3.52. The Morgan fingerprint density at radius 1 is 1.10 bits per heavy atom. The molecule has 0 saturated carbocycles. The van der Waals surface area contributed by atoms with E-state index in [2.05, 4.69) is 6.07 Å². The highest BCUT2D eigenvalue weighted by Gasteiger charge is 2.27. The number of aryl methyl sites for hydroxylation is 1. The van der Waals surface area contributed by atoms with Crippen LogP contribution in [0.3, 0.4) is 0 Å². The summed E-state index contributed by atoms with van der Waals surface area (Å²) in [5, 5.41) is 0. The van der Waals surface area contributed by atoms with Crippen molar-refractivity contribution in [2.75, 3.05) is 7.11 Å². The highest BCUT2D eigenvalue weighted by atomic mass is 16.7. The molecular formula is C17H16O4. The van der Waals surface area contributed by atoms with E-state index in [1.807, 2.05) is 43.3 Å². The number of rotatable bonds is 1.